The Morgan fingerprint density at radius 2 is 1.78 bits per heavy atom. The van der Waals surface area contributed by atoms with Gasteiger partial charge in [-0.25, -0.2) is 9.78 Å². The minimum atomic E-state index is -0.980. The minimum absolute atomic E-state index is 0.0741. The summed E-state index contributed by atoms with van der Waals surface area (Å²) in [5.41, 5.74) is 3.09. The summed E-state index contributed by atoms with van der Waals surface area (Å²) in [6, 6.07) is 17.0. The maximum absolute atomic E-state index is 12.7. The van der Waals surface area contributed by atoms with Gasteiger partial charge >= 0.3 is 5.97 Å². The molecule has 4 rings (SSSR count). The van der Waals surface area contributed by atoms with Crippen LogP contribution in [0.3, 0.4) is 0 Å². The van der Waals surface area contributed by atoms with Crippen molar-refractivity contribution in [2.45, 2.75) is 6.54 Å². The molecule has 0 bridgehead atoms. The number of aromatic carboxylic acids is 1. The van der Waals surface area contributed by atoms with E-state index in [0.717, 1.165) is 12.1 Å². The van der Waals surface area contributed by atoms with E-state index in [4.69, 9.17) is 4.98 Å². The van der Waals surface area contributed by atoms with Gasteiger partial charge in [-0.2, -0.15) is 0 Å². The highest BCUT2D eigenvalue weighted by Crippen LogP contribution is 2.31. The van der Waals surface area contributed by atoms with Crippen molar-refractivity contribution < 1.29 is 14.7 Å². The molecule has 0 spiro atoms. The second-order valence-electron chi connectivity index (χ2n) is 8.40. The number of nitrogens with zero attached hydrogens (tertiary/aromatic N) is 4. The van der Waals surface area contributed by atoms with E-state index in [1.807, 2.05) is 72.4 Å². The summed E-state index contributed by atoms with van der Waals surface area (Å²) in [5, 5.41) is 10.8. The zero-order chi connectivity index (χ0) is 22.7. The van der Waals surface area contributed by atoms with Gasteiger partial charge in [0.1, 0.15) is 0 Å². The summed E-state index contributed by atoms with van der Waals surface area (Å²) in [4.78, 5) is 35.9. The van der Waals surface area contributed by atoms with Crippen LogP contribution in [0.15, 0.2) is 54.6 Å². The van der Waals surface area contributed by atoms with E-state index in [1.54, 1.807) is 6.07 Å². The van der Waals surface area contributed by atoms with Crippen LogP contribution >= 0.6 is 0 Å². The maximum Gasteiger partial charge on any atom is 0.336 e. The number of pyridine rings is 1. The number of rotatable bonds is 7. The van der Waals surface area contributed by atoms with E-state index < -0.39 is 5.97 Å². The topological polar surface area (TPSA) is 77.0 Å². The van der Waals surface area contributed by atoms with Crippen molar-refractivity contribution in [1.29, 1.82) is 0 Å². The van der Waals surface area contributed by atoms with Crippen LogP contribution in [0.2, 0.25) is 0 Å². The van der Waals surface area contributed by atoms with E-state index in [1.165, 1.54) is 0 Å². The molecule has 7 nitrogen and oxygen atoms in total. The molecule has 0 saturated carbocycles. The summed E-state index contributed by atoms with van der Waals surface area (Å²) in [5.74, 6) is -0.906. The van der Waals surface area contributed by atoms with Gasteiger partial charge in [0.2, 0.25) is 5.91 Å². The third kappa shape index (κ3) is 4.64. The number of amides is 1. The summed E-state index contributed by atoms with van der Waals surface area (Å²) in [7, 11) is 3.98. The lowest BCUT2D eigenvalue weighted by Crippen LogP contribution is -2.51. The molecule has 7 heteroatoms. The van der Waals surface area contributed by atoms with Gasteiger partial charge in [-0.3, -0.25) is 9.69 Å². The molecular weight excluding hydrogens is 404 g/mol. The Morgan fingerprint density at radius 3 is 2.47 bits per heavy atom. The molecule has 2 aromatic carbocycles. The average molecular weight is 433 g/mol. The van der Waals surface area contributed by atoms with Crippen LogP contribution < -0.4 is 0 Å². The molecule has 1 amide bonds. The predicted octanol–water partition coefficient (Wildman–Crippen LogP) is 2.81. The number of piperazine rings is 1. The van der Waals surface area contributed by atoms with Crippen molar-refractivity contribution in [2.24, 2.45) is 0 Å². The van der Waals surface area contributed by atoms with Crippen LogP contribution in [-0.4, -0.2) is 83.5 Å². The van der Waals surface area contributed by atoms with Crippen molar-refractivity contribution >= 4 is 22.8 Å². The monoisotopic (exact) mass is 432 g/mol. The molecule has 1 aliphatic rings. The van der Waals surface area contributed by atoms with Crippen molar-refractivity contribution in [3.8, 4) is 11.3 Å². The van der Waals surface area contributed by atoms with E-state index >= 15 is 0 Å². The first-order valence-electron chi connectivity index (χ1n) is 10.8. The Morgan fingerprint density at radius 1 is 1.06 bits per heavy atom. The third-order valence-corrected chi connectivity index (χ3v) is 5.85. The first-order valence-corrected chi connectivity index (χ1v) is 10.8. The van der Waals surface area contributed by atoms with Crippen LogP contribution in [0.1, 0.15) is 15.9 Å². The summed E-state index contributed by atoms with van der Waals surface area (Å²) in [6.07, 6.45) is 0. The fraction of sp³-hybridized carbons (Fsp3) is 0.320. The Labute approximate surface area is 187 Å². The smallest absolute Gasteiger partial charge is 0.336 e. The van der Waals surface area contributed by atoms with Gasteiger partial charge in [-0.15, -0.1) is 0 Å². The fourth-order valence-electron chi connectivity index (χ4n) is 4.16. The highest BCUT2D eigenvalue weighted by atomic mass is 16.4. The summed E-state index contributed by atoms with van der Waals surface area (Å²) in [6.45, 7) is 3.48. The van der Waals surface area contributed by atoms with Crippen molar-refractivity contribution in [3.05, 3.63) is 65.7 Å². The van der Waals surface area contributed by atoms with Crippen LogP contribution in [-0.2, 0) is 11.3 Å². The quantitative estimate of drug-likeness (QED) is 0.619. The molecule has 0 radical (unpaired) electrons. The van der Waals surface area contributed by atoms with Crippen LogP contribution in [0, 0.1) is 0 Å². The van der Waals surface area contributed by atoms with Crippen molar-refractivity contribution in [3.63, 3.8) is 0 Å². The first-order chi connectivity index (χ1) is 15.4. The number of fused-ring (bicyclic) bond motifs is 1. The molecule has 2 heterocycles. The molecule has 1 fully saturated rings. The number of para-hydroxylation sites is 1. The van der Waals surface area contributed by atoms with Crippen LogP contribution in [0.5, 0.6) is 0 Å². The maximum atomic E-state index is 12.7. The van der Waals surface area contributed by atoms with Gasteiger partial charge in [0.25, 0.3) is 0 Å². The lowest BCUT2D eigenvalue weighted by molar-refractivity contribution is -0.136. The zero-order valence-corrected chi connectivity index (χ0v) is 18.5. The Hall–Kier alpha value is -3.29. The third-order valence-electron chi connectivity index (χ3n) is 5.85. The SMILES string of the molecule is CN(C)CCN1CCN(Cc2c(-c3ccccc3)nc3ccccc3c2C(=O)O)CC1=O. The molecule has 3 aromatic rings. The first kappa shape index (κ1) is 21.9. The van der Waals surface area contributed by atoms with Crippen molar-refractivity contribution in [1.82, 2.24) is 19.7 Å². The van der Waals surface area contributed by atoms with E-state index in [9.17, 15) is 14.7 Å². The Bertz CT molecular complexity index is 1130. The van der Waals surface area contributed by atoms with E-state index in [-0.39, 0.29) is 18.0 Å². The molecule has 1 aromatic heterocycles. The number of carbonyl (C=O) groups is 2. The molecule has 1 aliphatic heterocycles. The van der Waals surface area contributed by atoms with Crippen LogP contribution in [0.4, 0.5) is 0 Å². The molecule has 0 unspecified atom stereocenters. The lowest BCUT2D eigenvalue weighted by Gasteiger charge is -2.35. The molecular formula is C25H28N4O3. The van der Waals surface area contributed by atoms with Crippen LogP contribution in [0.25, 0.3) is 22.2 Å². The number of carbonyl (C=O) groups excluding carboxylic acids is 1. The summed E-state index contributed by atoms with van der Waals surface area (Å²) < 4.78 is 0. The largest absolute Gasteiger partial charge is 0.478 e. The number of likely N-dealkylation sites (N-methyl/N-ethyl adjacent to an activating group) is 1. The second kappa shape index (κ2) is 9.46. The Kier molecular flexibility index (Phi) is 6.48. The molecule has 0 aliphatic carbocycles. The number of benzene rings is 2. The van der Waals surface area contributed by atoms with Gasteiger partial charge in [0.15, 0.2) is 0 Å². The number of hydrogen-bond donors (Lipinski definition) is 1. The zero-order valence-electron chi connectivity index (χ0n) is 18.5. The van der Waals surface area contributed by atoms with E-state index in [2.05, 4.69) is 4.90 Å². The lowest BCUT2D eigenvalue weighted by atomic mass is 9.96. The number of aromatic nitrogens is 1. The average Bonchev–Trinajstić information content (AvgIpc) is 2.78. The summed E-state index contributed by atoms with van der Waals surface area (Å²) >= 11 is 0. The Balaban J connectivity index is 1.71. The number of carboxylic acids is 1. The molecule has 1 N–H and O–H groups in total. The highest BCUT2D eigenvalue weighted by Gasteiger charge is 2.27. The normalized spacial score (nSPS) is 15.0. The van der Waals surface area contributed by atoms with E-state index in [0.29, 0.717) is 48.3 Å². The highest BCUT2D eigenvalue weighted by molar-refractivity contribution is 6.05. The minimum Gasteiger partial charge on any atom is -0.478 e. The second-order valence-corrected chi connectivity index (χ2v) is 8.40. The molecule has 1 saturated heterocycles. The standard InChI is InChI=1S/C25H28N4O3/c1-27(2)12-14-29-15-13-28(17-22(29)30)16-20-23(25(31)32)19-10-6-7-11-21(19)26-24(20)18-8-4-3-5-9-18/h3-11H,12-17H2,1-2H3,(H,31,32). The molecule has 166 valence electrons. The van der Waals surface area contributed by atoms with Gasteiger partial charge < -0.3 is 14.9 Å². The number of hydrogen-bond acceptors (Lipinski definition) is 5. The van der Waals surface area contributed by atoms with Gasteiger partial charge in [-0.1, -0.05) is 48.5 Å². The van der Waals surface area contributed by atoms with Gasteiger partial charge in [-0.05, 0) is 20.2 Å². The van der Waals surface area contributed by atoms with Gasteiger partial charge in [0.05, 0.1) is 23.3 Å². The number of carboxylic acid groups (broad SMARTS) is 1. The van der Waals surface area contributed by atoms with Gasteiger partial charge in [0, 0.05) is 49.2 Å². The molecule has 0 atom stereocenters. The molecule has 32 heavy (non-hydrogen) atoms. The predicted molar refractivity (Wildman–Crippen MR) is 125 cm³/mol. The fourth-order valence-corrected chi connectivity index (χ4v) is 4.16. The van der Waals surface area contributed by atoms with Crippen molar-refractivity contribution in [2.75, 3.05) is 46.8 Å².